The SMILES string of the molecule is COc1nn(C)c2nc(C)c(CCC(=O)Nc3ccc(F)c(NC(=O)OC(C)(C)C)c3)c(C)c12. The van der Waals surface area contributed by atoms with Gasteiger partial charge in [-0.1, -0.05) is 0 Å². The van der Waals surface area contributed by atoms with Crippen molar-refractivity contribution in [3.8, 4) is 5.88 Å². The number of fused-ring (bicyclic) bond motifs is 1. The zero-order valence-corrected chi connectivity index (χ0v) is 20.5. The fourth-order valence-corrected chi connectivity index (χ4v) is 3.68. The highest BCUT2D eigenvalue weighted by Crippen LogP contribution is 2.30. The molecule has 0 aliphatic carbocycles. The van der Waals surface area contributed by atoms with Gasteiger partial charge < -0.3 is 14.8 Å². The van der Waals surface area contributed by atoms with Crippen molar-refractivity contribution in [3.63, 3.8) is 0 Å². The topological polar surface area (TPSA) is 107 Å². The molecule has 3 aromatic rings. The molecule has 0 bridgehead atoms. The van der Waals surface area contributed by atoms with Gasteiger partial charge in [0.2, 0.25) is 11.8 Å². The number of aromatic nitrogens is 3. The van der Waals surface area contributed by atoms with Gasteiger partial charge in [0, 0.05) is 24.8 Å². The maximum Gasteiger partial charge on any atom is 0.412 e. The summed E-state index contributed by atoms with van der Waals surface area (Å²) in [5, 5.41) is 10.3. The van der Waals surface area contributed by atoms with Crippen LogP contribution >= 0.6 is 0 Å². The molecule has 0 unspecified atom stereocenters. The summed E-state index contributed by atoms with van der Waals surface area (Å²) in [7, 11) is 3.36. The van der Waals surface area contributed by atoms with E-state index in [-0.39, 0.29) is 18.0 Å². The molecule has 2 heterocycles. The normalized spacial score (nSPS) is 11.4. The zero-order chi connectivity index (χ0) is 25.2. The molecule has 0 saturated carbocycles. The predicted molar refractivity (Wildman–Crippen MR) is 128 cm³/mol. The van der Waals surface area contributed by atoms with E-state index in [1.165, 1.54) is 18.2 Å². The Hall–Kier alpha value is -3.69. The van der Waals surface area contributed by atoms with Gasteiger partial charge in [-0.3, -0.25) is 10.1 Å². The van der Waals surface area contributed by atoms with Crippen molar-refractivity contribution in [1.29, 1.82) is 0 Å². The number of halogens is 1. The van der Waals surface area contributed by atoms with Crippen molar-refractivity contribution in [3.05, 3.63) is 40.8 Å². The number of carbonyl (C=O) groups excluding carboxylic acids is 2. The van der Waals surface area contributed by atoms with E-state index in [2.05, 4.69) is 20.7 Å². The Kier molecular flexibility index (Phi) is 7.09. The number of hydrogen-bond acceptors (Lipinski definition) is 6. The van der Waals surface area contributed by atoms with Crippen LogP contribution in [0.4, 0.5) is 20.6 Å². The molecule has 3 rings (SSSR count). The van der Waals surface area contributed by atoms with Crippen molar-refractivity contribution in [2.45, 2.75) is 53.1 Å². The predicted octanol–water partition coefficient (Wildman–Crippen LogP) is 4.65. The molecule has 9 nitrogen and oxygen atoms in total. The Bertz CT molecular complexity index is 1250. The van der Waals surface area contributed by atoms with Crippen molar-refractivity contribution in [1.82, 2.24) is 14.8 Å². The molecular weight excluding hydrogens is 441 g/mol. The first kappa shape index (κ1) is 24.9. The number of rotatable bonds is 6. The highest BCUT2D eigenvalue weighted by Gasteiger charge is 2.20. The maximum atomic E-state index is 14.1. The van der Waals surface area contributed by atoms with E-state index in [1.54, 1.807) is 39.6 Å². The van der Waals surface area contributed by atoms with Crippen LogP contribution in [0.25, 0.3) is 11.0 Å². The molecule has 0 saturated heterocycles. The fourth-order valence-electron chi connectivity index (χ4n) is 3.68. The number of amides is 2. The van der Waals surface area contributed by atoms with E-state index in [0.717, 1.165) is 27.9 Å². The molecule has 10 heteroatoms. The van der Waals surface area contributed by atoms with Crippen LogP contribution in [-0.2, 0) is 23.0 Å². The first-order valence-electron chi connectivity index (χ1n) is 10.9. The first-order valence-corrected chi connectivity index (χ1v) is 10.9. The van der Waals surface area contributed by atoms with Crippen LogP contribution in [0.2, 0.25) is 0 Å². The third kappa shape index (κ3) is 5.62. The minimum Gasteiger partial charge on any atom is -0.479 e. The second kappa shape index (κ2) is 9.66. The smallest absolute Gasteiger partial charge is 0.412 e. The highest BCUT2D eigenvalue weighted by molar-refractivity contribution is 5.93. The van der Waals surface area contributed by atoms with E-state index < -0.39 is 17.5 Å². The second-order valence-electron chi connectivity index (χ2n) is 9.00. The summed E-state index contributed by atoms with van der Waals surface area (Å²) >= 11 is 0. The van der Waals surface area contributed by atoms with E-state index in [0.29, 0.717) is 18.0 Å². The number of pyridine rings is 1. The molecule has 1 aromatic carbocycles. The monoisotopic (exact) mass is 471 g/mol. The molecule has 0 spiro atoms. The number of hydrogen-bond donors (Lipinski definition) is 2. The van der Waals surface area contributed by atoms with Gasteiger partial charge in [0.25, 0.3) is 0 Å². The molecule has 0 atom stereocenters. The molecule has 0 aliphatic heterocycles. The molecular formula is C24H30FN5O4. The minimum atomic E-state index is -0.783. The van der Waals surface area contributed by atoms with Gasteiger partial charge in [0.05, 0.1) is 18.2 Å². The van der Waals surface area contributed by atoms with Crippen molar-refractivity contribution in [2.24, 2.45) is 7.05 Å². The lowest BCUT2D eigenvalue weighted by Gasteiger charge is -2.20. The largest absolute Gasteiger partial charge is 0.479 e. The summed E-state index contributed by atoms with van der Waals surface area (Å²) in [6.07, 6.45) is -0.146. The van der Waals surface area contributed by atoms with E-state index in [1.807, 2.05) is 13.8 Å². The lowest BCUT2D eigenvalue weighted by molar-refractivity contribution is -0.116. The number of ether oxygens (including phenoxy) is 2. The van der Waals surface area contributed by atoms with E-state index in [4.69, 9.17) is 9.47 Å². The Morgan fingerprint density at radius 1 is 1.18 bits per heavy atom. The van der Waals surface area contributed by atoms with Gasteiger partial charge in [0.1, 0.15) is 11.4 Å². The molecule has 2 N–H and O–H groups in total. The quantitative estimate of drug-likeness (QED) is 0.542. The second-order valence-corrected chi connectivity index (χ2v) is 9.00. The van der Waals surface area contributed by atoms with Crippen molar-refractivity contribution < 1.29 is 23.5 Å². The summed E-state index contributed by atoms with van der Waals surface area (Å²) in [4.78, 5) is 29.2. The average Bonchev–Trinajstić information content (AvgIpc) is 3.04. The van der Waals surface area contributed by atoms with Gasteiger partial charge in [-0.15, -0.1) is 5.10 Å². The Morgan fingerprint density at radius 2 is 1.88 bits per heavy atom. The molecule has 182 valence electrons. The van der Waals surface area contributed by atoms with Gasteiger partial charge in [-0.25, -0.2) is 18.9 Å². The number of nitrogens with zero attached hydrogens (tertiary/aromatic N) is 3. The van der Waals surface area contributed by atoms with Gasteiger partial charge in [-0.05, 0) is 70.4 Å². The first-order chi connectivity index (χ1) is 15.9. The van der Waals surface area contributed by atoms with Gasteiger partial charge in [0.15, 0.2) is 5.65 Å². The van der Waals surface area contributed by atoms with Crippen LogP contribution in [-0.4, -0.2) is 39.5 Å². The van der Waals surface area contributed by atoms with E-state index in [9.17, 15) is 14.0 Å². The minimum absolute atomic E-state index is 0.0861. The van der Waals surface area contributed by atoms with Crippen LogP contribution in [0.5, 0.6) is 5.88 Å². The summed E-state index contributed by atoms with van der Waals surface area (Å²) in [6.45, 7) is 8.98. The van der Waals surface area contributed by atoms with Crippen molar-refractivity contribution >= 4 is 34.4 Å². The number of aryl methyl sites for hydroxylation is 3. The Morgan fingerprint density at radius 3 is 2.53 bits per heavy atom. The third-order valence-electron chi connectivity index (χ3n) is 5.20. The molecule has 2 amide bonds. The van der Waals surface area contributed by atoms with Crippen LogP contribution in [0.15, 0.2) is 18.2 Å². The van der Waals surface area contributed by atoms with Crippen LogP contribution in [0, 0.1) is 19.7 Å². The van der Waals surface area contributed by atoms with Gasteiger partial charge in [-0.2, -0.15) is 0 Å². The summed E-state index contributed by atoms with van der Waals surface area (Å²) in [5.41, 5.74) is 2.99. The third-order valence-corrected chi connectivity index (χ3v) is 5.20. The standard InChI is InChI=1S/C24H30FN5O4/c1-13-16(14(2)26-21-20(13)22(33-7)29-30(21)6)9-11-19(31)27-15-8-10-17(25)18(12-15)28-23(32)34-24(3,4)5/h8,10,12H,9,11H2,1-7H3,(H,27,31)(H,28,32). The van der Waals surface area contributed by atoms with Crippen LogP contribution < -0.4 is 15.4 Å². The fraction of sp³-hybridized carbons (Fsp3) is 0.417. The lowest BCUT2D eigenvalue weighted by Crippen LogP contribution is -2.27. The Balaban J connectivity index is 1.71. The van der Waals surface area contributed by atoms with E-state index >= 15 is 0 Å². The zero-order valence-electron chi connectivity index (χ0n) is 20.5. The number of benzene rings is 1. The summed E-state index contributed by atoms with van der Waals surface area (Å²) in [5.74, 6) is -0.406. The summed E-state index contributed by atoms with van der Waals surface area (Å²) in [6, 6.07) is 3.95. The maximum absolute atomic E-state index is 14.1. The number of nitrogens with one attached hydrogen (secondary N) is 2. The molecule has 2 aromatic heterocycles. The lowest BCUT2D eigenvalue weighted by atomic mass is 10.00. The molecule has 0 radical (unpaired) electrons. The number of methoxy groups -OCH3 is 1. The Labute approximate surface area is 197 Å². The average molecular weight is 472 g/mol. The van der Waals surface area contributed by atoms with Crippen molar-refractivity contribution in [2.75, 3.05) is 17.7 Å². The van der Waals surface area contributed by atoms with Gasteiger partial charge >= 0.3 is 6.09 Å². The molecule has 0 fully saturated rings. The summed E-state index contributed by atoms with van der Waals surface area (Å²) < 4.78 is 26.3. The highest BCUT2D eigenvalue weighted by atomic mass is 19.1. The van der Waals surface area contributed by atoms with Crippen LogP contribution in [0.3, 0.4) is 0 Å². The van der Waals surface area contributed by atoms with Crippen LogP contribution in [0.1, 0.15) is 44.0 Å². The molecule has 0 aliphatic rings. The molecule has 34 heavy (non-hydrogen) atoms. The number of carbonyl (C=O) groups is 2. The number of anilines is 2.